The van der Waals surface area contributed by atoms with Crippen molar-refractivity contribution in [2.24, 2.45) is 5.92 Å². The maximum Gasteiger partial charge on any atom is 0.354 e. The molecule has 0 aliphatic rings. The van der Waals surface area contributed by atoms with Crippen LogP contribution >= 0.6 is 0 Å². The lowest BCUT2D eigenvalue weighted by atomic mass is 10.2. The van der Waals surface area contributed by atoms with Crippen molar-refractivity contribution in [2.45, 2.75) is 20.4 Å². The molecule has 0 saturated carbocycles. The summed E-state index contributed by atoms with van der Waals surface area (Å²) in [5.74, 6) is -0.765. The quantitative estimate of drug-likeness (QED) is 0.546. The molecule has 1 aromatic rings. The number of carbonyl (C=O) groups is 2. The largest absolute Gasteiger partial charge is 0.477 e. The zero-order chi connectivity index (χ0) is 13.5. The van der Waals surface area contributed by atoms with Crippen LogP contribution in [0.4, 0.5) is 0 Å². The van der Waals surface area contributed by atoms with E-state index in [1.54, 1.807) is 0 Å². The fraction of sp³-hybridized carbons (Fsp3) is 0.545. The van der Waals surface area contributed by atoms with Gasteiger partial charge in [-0.15, -0.1) is 0 Å². The number of H-pyrrole nitrogens is 1. The molecule has 100 valence electrons. The molecule has 1 amide bonds. The third-order valence-corrected chi connectivity index (χ3v) is 2.24. The highest BCUT2D eigenvalue weighted by Crippen LogP contribution is 2.03. The van der Waals surface area contributed by atoms with Gasteiger partial charge in [0.2, 0.25) is 5.91 Å². The second-order valence-electron chi connectivity index (χ2n) is 4.38. The van der Waals surface area contributed by atoms with Crippen LogP contribution in [-0.2, 0) is 11.3 Å². The smallest absolute Gasteiger partial charge is 0.354 e. The van der Waals surface area contributed by atoms with Crippen molar-refractivity contribution in [3.63, 3.8) is 0 Å². The van der Waals surface area contributed by atoms with Crippen molar-refractivity contribution in [2.75, 3.05) is 13.1 Å². The number of hydrogen-bond acceptors (Lipinski definition) is 4. The highest BCUT2D eigenvalue weighted by atomic mass is 16.4. The Bertz CT molecular complexity index is 414. The Morgan fingerprint density at radius 3 is 2.83 bits per heavy atom. The zero-order valence-corrected chi connectivity index (χ0v) is 10.5. The van der Waals surface area contributed by atoms with E-state index in [9.17, 15) is 9.59 Å². The highest BCUT2D eigenvalue weighted by Gasteiger charge is 2.12. The van der Waals surface area contributed by atoms with Gasteiger partial charge in [-0.1, -0.05) is 13.8 Å². The summed E-state index contributed by atoms with van der Waals surface area (Å²) >= 11 is 0. The minimum absolute atomic E-state index is 0.0464. The molecule has 0 fully saturated rings. The molecule has 0 bridgehead atoms. The van der Waals surface area contributed by atoms with E-state index < -0.39 is 5.97 Å². The lowest BCUT2D eigenvalue weighted by Crippen LogP contribution is -2.35. The molecule has 7 nitrogen and oxygen atoms in total. The predicted octanol–water partition coefficient (Wildman–Crippen LogP) is -0.0303. The van der Waals surface area contributed by atoms with Crippen LogP contribution in [0.1, 0.15) is 29.9 Å². The van der Waals surface area contributed by atoms with Crippen molar-refractivity contribution in [3.05, 3.63) is 17.5 Å². The number of carboxylic acids is 1. The summed E-state index contributed by atoms with van der Waals surface area (Å²) in [6, 6.07) is 0. The van der Waals surface area contributed by atoms with Crippen molar-refractivity contribution in [3.8, 4) is 0 Å². The summed E-state index contributed by atoms with van der Waals surface area (Å²) < 4.78 is 0. The van der Waals surface area contributed by atoms with Gasteiger partial charge in [0, 0.05) is 18.7 Å². The van der Waals surface area contributed by atoms with E-state index in [-0.39, 0.29) is 24.7 Å². The van der Waals surface area contributed by atoms with Crippen LogP contribution in [0.2, 0.25) is 0 Å². The summed E-state index contributed by atoms with van der Waals surface area (Å²) in [4.78, 5) is 22.2. The summed E-state index contributed by atoms with van der Waals surface area (Å²) in [6.07, 6.45) is 1.43. The first-order chi connectivity index (χ1) is 8.50. The van der Waals surface area contributed by atoms with E-state index in [0.717, 1.165) is 0 Å². The molecule has 7 heteroatoms. The fourth-order valence-electron chi connectivity index (χ4n) is 1.32. The van der Waals surface area contributed by atoms with Gasteiger partial charge in [-0.3, -0.25) is 9.89 Å². The normalized spacial score (nSPS) is 10.6. The maximum atomic E-state index is 11.4. The van der Waals surface area contributed by atoms with Gasteiger partial charge in [-0.05, 0) is 5.92 Å². The molecule has 0 atom stereocenters. The second kappa shape index (κ2) is 6.75. The minimum Gasteiger partial charge on any atom is -0.477 e. The molecule has 0 radical (unpaired) electrons. The Kier molecular flexibility index (Phi) is 5.31. The molecular formula is C11H18N4O3. The number of aromatic nitrogens is 2. The number of aromatic carboxylic acids is 1. The van der Waals surface area contributed by atoms with E-state index in [0.29, 0.717) is 18.0 Å². The molecule has 1 rings (SSSR count). The van der Waals surface area contributed by atoms with Crippen LogP contribution < -0.4 is 10.6 Å². The number of aromatic amines is 1. The highest BCUT2D eigenvalue weighted by molar-refractivity contribution is 5.86. The van der Waals surface area contributed by atoms with Gasteiger partial charge in [0.15, 0.2) is 0 Å². The Labute approximate surface area is 105 Å². The fourth-order valence-corrected chi connectivity index (χ4v) is 1.32. The Morgan fingerprint density at radius 2 is 2.22 bits per heavy atom. The van der Waals surface area contributed by atoms with E-state index >= 15 is 0 Å². The lowest BCUT2D eigenvalue weighted by Gasteiger charge is -2.08. The first-order valence-corrected chi connectivity index (χ1v) is 5.73. The van der Waals surface area contributed by atoms with E-state index in [4.69, 9.17) is 5.11 Å². The zero-order valence-electron chi connectivity index (χ0n) is 10.5. The van der Waals surface area contributed by atoms with Gasteiger partial charge >= 0.3 is 5.97 Å². The van der Waals surface area contributed by atoms with Gasteiger partial charge in [-0.25, -0.2) is 4.79 Å². The van der Waals surface area contributed by atoms with Crippen LogP contribution in [0.15, 0.2) is 6.20 Å². The van der Waals surface area contributed by atoms with E-state index in [1.165, 1.54) is 6.20 Å². The Hall–Kier alpha value is -1.89. The number of rotatable bonds is 7. The molecule has 0 aromatic carbocycles. The average molecular weight is 254 g/mol. The van der Waals surface area contributed by atoms with Gasteiger partial charge in [0.25, 0.3) is 0 Å². The van der Waals surface area contributed by atoms with Crippen molar-refractivity contribution in [1.82, 2.24) is 20.8 Å². The molecule has 0 unspecified atom stereocenters. The first-order valence-electron chi connectivity index (χ1n) is 5.73. The SMILES string of the molecule is CC(C)CNC(=O)CNCc1cn[nH]c1C(=O)O. The number of amides is 1. The van der Waals surface area contributed by atoms with Crippen molar-refractivity contribution < 1.29 is 14.7 Å². The van der Waals surface area contributed by atoms with Crippen molar-refractivity contribution >= 4 is 11.9 Å². The summed E-state index contributed by atoms with van der Waals surface area (Å²) in [5, 5.41) is 20.5. The maximum absolute atomic E-state index is 11.4. The predicted molar refractivity (Wildman–Crippen MR) is 65.1 cm³/mol. The third kappa shape index (κ3) is 4.54. The van der Waals surface area contributed by atoms with Gasteiger partial charge in [-0.2, -0.15) is 5.10 Å². The standard InChI is InChI=1S/C11H18N4O3/c1-7(2)3-13-9(16)6-12-4-8-5-14-15-10(8)11(17)18/h5,7,12H,3-4,6H2,1-2H3,(H,13,16)(H,14,15)(H,17,18). The topological polar surface area (TPSA) is 107 Å². The second-order valence-corrected chi connectivity index (χ2v) is 4.38. The third-order valence-electron chi connectivity index (χ3n) is 2.24. The molecule has 0 saturated heterocycles. The minimum atomic E-state index is -1.06. The van der Waals surface area contributed by atoms with Gasteiger partial charge < -0.3 is 15.7 Å². The van der Waals surface area contributed by atoms with Crippen LogP contribution in [0, 0.1) is 5.92 Å². The molecule has 0 aliphatic carbocycles. The van der Waals surface area contributed by atoms with Gasteiger partial charge in [0.1, 0.15) is 5.69 Å². The number of carboxylic acid groups (broad SMARTS) is 1. The number of nitrogens with one attached hydrogen (secondary N) is 3. The Morgan fingerprint density at radius 1 is 1.50 bits per heavy atom. The molecule has 0 aliphatic heterocycles. The molecule has 4 N–H and O–H groups in total. The summed E-state index contributed by atoms with van der Waals surface area (Å²) in [7, 11) is 0. The monoisotopic (exact) mass is 254 g/mol. The molecule has 1 heterocycles. The van der Waals surface area contributed by atoms with Crippen LogP contribution in [0.3, 0.4) is 0 Å². The number of hydrogen-bond donors (Lipinski definition) is 4. The van der Waals surface area contributed by atoms with Crippen LogP contribution in [-0.4, -0.2) is 40.3 Å². The number of carbonyl (C=O) groups excluding carboxylic acids is 1. The van der Waals surface area contributed by atoms with Crippen LogP contribution in [0.5, 0.6) is 0 Å². The summed E-state index contributed by atoms with van der Waals surface area (Å²) in [5.41, 5.74) is 0.573. The lowest BCUT2D eigenvalue weighted by molar-refractivity contribution is -0.120. The molecule has 0 spiro atoms. The Balaban J connectivity index is 2.31. The number of nitrogens with zero attached hydrogens (tertiary/aromatic N) is 1. The van der Waals surface area contributed by atoms with E-state index in [2.05, 4.69) is 20.8 Å². The van der Waals surface area contributed by atoms with Gasteiger partial charge in [0.05, 0.1) is 12.7 Å². The first kappa shape index (κ1) is 14.2. The summed E-state index contributed by atoms with van der Waals surface area (Å²) in [6.45, 7) is 5.09. The molecular weight excluding hydrogens is 236 g/mol. The van der Waals surface area contributed by atoms with E-state index in [1.807, 2.05) is 13.8 Å². The average Bonchev–Trinajstić information content (AvgIpc) is 2.74. The molecule has 18 heavy (non-hydrogen) atoms. The molecule has 1 aromatic heterocycles. The van der Waals surface area contributed by atoms with Crippen molar-refractivity contribution in [1.29, 1.82) is 0 Å². The van der Waals surface area contributed by atoms with Crippen LogP contribution in [0.25, 0.3) is 0 Å².